The van der Waals surface area contributed by atoms with E-state index in [0.29, 0.717) is 27.3 Å². The van der Waals surface area contributed by atoms with Crippen molar-refractivity contribution < 1.29 is 4.74 Å². The van der Waals surface area contributed by atoms with E-state index in [4.69, 9.17) is 16.3 Å². The highest BCUT2D eigenvalue weighted by atomic mass is 35.5. The molecule has 2 aliphatic heterocycles. The van der Waals surface area contributed by atoms with Crippen LogP contribution in [0.2, 0.25) is 5.02 Å². The van der Waals surface area contributed by atoms with E-state index in [1.807, 2.05) is 67.0 Å². The van der Waals surface area contributed by atoms with Crippen LogP contribution >= 0.6 is 22.9 Å². The lowest BCUT2D eigenvalue weighted by molar-refractivity contribution is 0.0431. The van der Waals surface area contributed by atoms with Gasteiger partial charge >= 0.3 is 0 Å². The molecular formula is C29H26ClN5O2S. The number of imidazole rings is 1. The molecule has 0 spiro atoms. The van der Waals surface area contributed by atoms with Gasteiger partial charge in [0.05, 0.1) is 17.7 Å². The van der Waals surface area contributed by atoms with Crippen LogP contribution in [0.5, 0.6) is 5.75 Å². The first kappa shape index (κ1) is 23.6. The summed E-state index contributed by atoms with van der Waals surface area (Å²) in [6.07, 6.45) is 9.97. The van der Waals surface area contributed by atoms with Gasteiger partial charge in [0.25, 0.3) is 5.56 Å². The smallest absolute Gasteiger partial charge is 0.275 e. The van der Waals surface area contributed by atoms with Gasteiger partial charge in [-0.1, -0.05) is 23.7 Å². The van der Waals surface area contributed by atoms with Gasteiger partial charge in [0, 0.05) is 34.4 Å². The van der Waals surface area contributed by atoms with E-state index in [9.17, 15) is 4.79 Å². The molecule has 5 heterocycles. The topological polar surface area (TPSA) is 76.0 Å². The third-order valence-corrected chi connectivity index (χ3v) is 9.13. The molecule has 192 valence electrons. The summed E-state index contributed by atoms with van der Waals surface area (Å²) >= 11 is 7.48. The van der Waals surface area contributed by atoms with Gasteiger partial charge in [-0.15, -0.1) is 11.3 Å². The number of H-pyrrole nitrogens is 1. The van der Waals surface area contributed by atoms with Crippen LogP contribution in [0, 0.1) is 0 Å². The summed E-state index contributed by atoms with van der Waals surface area (Å²) in [5, 5.41) is 0.686. The molecule has 0 amide bonds. The van der Waals surface area contributed by atoms with Gasteiger partial charge in [-0.25, -0.2) is 9.97 Å². The number of ether oxygens (including phenoxy) is 1. The molecule has 3 aromatic heterocycles. The summed E-state index contributed by atoms with van der Waals surface area (Å²) in [6, 6.07) is 18.4. The van der Waals surface area contributed by atoms with Crippen molar-refractivity contribution in [3.8, 4) is 21.9 Å². The second-order valence-electron chi connectivity index (χ2n) is 10.0. The number of fused-ring (bicyclic) bond motifs is 3. The third-order valence-electron chi connectivity index (χ3n) is 7.71. The molecule has 5 aromatic rings. The second kappa shape index (κ2) is 9.69. The van der Waals surface area contributed by atoms with Crippen molar-refractivity contribution in [2.45, 2.75) is 50.4 Å². The number of nitrogens with one attached hydrogen (secondary N) is 1. The average Bonchev–Trinajstić information content (AvgIpc) is 3.65. The van der Waals surface area contributed by atoms with E-state index in [1.54, 1.807) is 10.9 Å². The van der Waals surface area contributed by atoms with Crippen LogP contribution in [-0.4, -0.2) is 42.6 Å². The van der Waals surface area contributed by atoms with Crippen molar-refractivity contribution in [1.29, 1.82) is 0 Å². The molecule has 2 aliphatic rings. The number of nitrogens with zero attached hydrogens (tertiary/aromatic N) is 4. The number of hydrogen-bond acceptors (Lipinski definition) is 6. The number of benzene rings is 2. The Kier molecular flexibility index (Phi) is 6.03. The molecule has 0 radical (unpaired) electrons. The zero-order valence-corrected chi connectivity index (χ0v) is 22.2. The fraction of sp³-hybridized carbons (Fsp3) is 0.276. The molecular weight excluding hydrogens is 518 g/mol. The molecule has 0 aliphatic carbocycles. The predicted molar refractivity (Wildman–Crippen MR) is 150 cm³/mol. The lowest BCUT2D eigenvalue weighted by Crippen LogP contribution is -2.45. The van der Waals surface area contributed by atoms with Crippen LogP contribution in [-0.2, 0) is 6.54 Å². The standard InChI is InChI=1S/C29H26ClN5O2S/c30-19-3-1-18(2-4-19)26-15-25-28(38-26)29(36)35(17-33-25)20-7-9-23(10-8-20)37-24-13-21-5-6-22(14-24)34(21)16-27-31-11-12-32-27/h1-4,7-12,15,17,21-22,24H,5-6,13-14,16H2,(H,31,32)/t21-,22+,24+. The Bertz CT molecular complexity index is 1610. The van der Waals surface area contributed by atoms with Crippen molar-refractivity contribution in [3.05, 3.63) is 94.5 Å². The molecule has 0 unspecified atom stereocenters. The van der Waals surface area contributed by atoms with Crippen LogP contribution in [0.4, 0.5) is 0 Å². The Labute approximate surface area is 228 Å². The first-order valence-corrected chi connectivity index (χ1v) is 14.1. The summed E-state index contributed by atoms with van der Waals surface area (Å²) in [4.78, 5) is 29.1. The number of aromatic nitrogens is 4. The minimum Gasteiger partial charge on any atom is -0.490 e. The molecule has 3 atom stereocenters. The van der Waals surface area contributed by atoms with Crippen molar-refractivity contribution in [2.75, 3.05) is 0 Å². The molecule has 38 heavy (non-hydrogen) atoms. The van der Waals surface area contributed by atoms with Crippen molar-refractivity contribution in [1.82, 2.24) is 24.4 Å². The molecule has 0 saturated carbocycles. The maximum Gasteiger partial charge on any atom is 0.275 e. The molecule has 1 N–H and O–H groups in total. The number of hydrogen-bond donors (Lipinski definition) is 1. The van der Waals surface area contributed by atoms with Crippen molar-refractivity contribution >= 4 is 33.2 Å². The first-order chi connectivity index (χ1) is 18.6. The maximum absolute atomic E-state index is 13.3. The number of halogens is 1. The van der Waals surface area contributed by atoms with Crippen LogP contribution in [0.25, 0.3) is 26.3 Å². The lowest BCUT2D eigenvalue weighted by atomic mass is 9.99. The largest absolute Gasteiger partial charge is 0.490 e. The van der Waals surface area contributed by atoms with Crippen molar-refractivity contribution in [3.63, 3.8) is 0 Å². The number of piperidine rings is 1. The SMILES string of the molecule is O=c1c2sc(-c3ccc(Cl)cc3)cc2ncn1-c1ccc(O[C@H]2C[C@H]3CC[C@@H](C2)N3Cc2ncc[nH]2)cc1. The van der Waals surface area contributed by atoms with Gasteiger partial charge in [-0.3, -0.25) is 14.3 Å². The van der Waals surface area contributed by atoms with Crippen molar-refractivity contribution in [2.24, 2.45) is 0 Å². The van der Waals surface area contributed by atoms with Crippen LogP contribution in [0.3, 0.4) is 0 Å². The second-order valence-corrected chi connectivity index (χ2v) is 11.5. The predicted octanol–water partition coefficient (Wildman–Crippen LogP) is 6.07. The minimum absolute atomic E-state index is 0.0746. The van der Waals surface area contributed by atoms with E-state index < -0.39 is 0 Å². The molecule has 7 nitrogen and oxygen atoms in total. The summed E-state index contributed by atoms with van der Waals surface area (Å²) in [7, 11) is 0. The van der Waals surface area contributed by atoms with E-state index in [-0.39, 0.29) is 11.7 Å². The van der Waals surface area contributed by atoms with Gasteiger partial charge < -0.3 is 9.72 Å². The molecule has 2 bridgehead atoms. The average molecular weight is 544 g/mol. The Morgan fingerprint density at radius 1 is 1.03 bits per heavy atom. The van der Waals surface area contributed by atoms with E-state index >= 15 is 0 Å². The number of thiophene rings is 1. The monoisotopic (exact) mass is 543 g/mol. The van der Waals surface area contributed by atoms with Crippen LogP contribution < -0.4 is 10.3 Å². The number of rotatable bonds is 6. The minimum atomic E-state index is -0.0746. The Morgan fingerprint density at radius 3 is 2.50 bits per heavy atom. The van der Waals surface area contributed by atoms with E-state index in [0.717, 1.165) is 47.1 Å². The highest BCUT2D eigenvalue weighted by Crippen LogP contribution is 2.38. The fourth-order valence-corrected chi connectivity index (χ4v) is 7.04. The molecule has 2 saturated heterocycles. The lowest BCUT2D eigenvalue weighted by Gasteiger charge is -2.38. The van der Waals surface area contributed by atoms with E-state index in [1.165, 1.54) is 24.2 Å². The summed E-state index contributed by atoms with van der Waals surface area (Å²) in [5.41, 5.74) is 2.42. The first-order valence-electron chi connectivity index (χ1n) is 12.9. The third kappa shape index (κ3) is 4.42. The maximum atomic E-state index is 13.3. The zero-order valence-electron chi connectivity index (χ0n) is 20.6. The Hall–Kier alpha value is -3.46. The van der Waals surface area contributed by atoms with Gasteiger partial charge in [-0.2, -0.15) is 0 Å². The Balaban J connectivity index is 1.06. The highest BCUT2D eigenvalue weighted by Gasteiger charge is 2.41. The normalized spacial score (nSPS) is 21.2. The van der Waals surface area contributed by atoms with Gasteiger partial charge in [0.2, 0.25) is 0 Å². The van der Waals surface area contributed by atoms with Gasteiger partial charge in [0.1, 0.15) is 28.7 Å². The highest BCUT2D eigenvalue weighted by molar-refractivity contribution is 7.22. The molecule has 7 rings (SSSR count). The van der Waals surface area contributed by atoms with Gasteiger partial charge in [0.15, 0.2) is 0 Å². The van der Waals surface area contributed by atoms with Gasteiger partial charge in [-0.05, 0) is 73.7 Å². The Morgan fingerprint density at radius 2 is 1.79 bits per heavy atom. The molecule has 9 heteroatoms. The fourth-order valence-electron chi connectivity index (χ4n) is 5.87. The van der Waals surface area contributed by atoms with Crippen LogP contribution in [0.15, 0.2) is 78.1 Å². The van der Waals surface area contributed by atoms with Crippen LogP contribution in [0.1, 0.15) is 31.5 Å². The molecule has 2 fully saturated rings. The quantitative estimate of drug-likeness (QED) is 0.281. The summed E-state index contributed by atoms with van der Waals surface area (Å²) in [6.45, 7) is 0.877. The number of aromatic amines is 1. The summed E-state index contributed by atoms with van der Waals surface area (Å²) < 4.78 is 8.64. The van der Waals surface area contributed by atoms with E-state index in [2.05, 4.69) is 19.9 Å². The zero-order chi connectivity index (χ0) is 25.6. The molecule has 2 aromatic carbocycles. The summed E-state index contributed by atoms with van der Waals surface area (Å²) in [5.74, 6) is 1.87.